The van der Waals surface area contributed by atoms with Crippen molar-refractivity contribution in [3.05, 3.63) is 70.9 Å². The van der Waals surface area contributed by atoms with Gasteiger partial charge in [0.2, 0.25) is 0 Å². The second-order valence-electron chi connectivity index (χ2n) is 5.67. The zero-order chi connectivity index (χ0) is 21.0. The molecule has 1 heterocycles. The lowest BCUT2D eigenvalue weighted by molar-refractivity contribution is 0.391. The van der Waals surface area contributed by atoms with Gasteiger partial charge >= 0.3 is 0 Å². The number of hydrogen-bond acceptors (Lipinski definition) is 6. The topological polar surface area (TPSA) is 47.5 Å². The van der Waals surface area contributed by atoms with E-state index in [1.54, 1.807) is 24.3 Å². The Morgan fingerprint density at radius 1 is 1.07 bits per heavy atom. The normalized spacial score (nSPS) is 10.7. The number of nitrogens with zero attached hydrogens (tertiary/aromatic N) is 3. The maximum absolute atomic E-state index is 14.4. The molecule has 3 aromatic rings. The molecular formula is C19H15ClF3N3O2S. The van der Waals surface area contributed by atoms with Crippen LogP contribution in [0.25, 0.3) is 0 Å². The molecule has 0 fully saturated rings. The molecule has 3 rings (SSSR count). The van der Waals surface area contributed by atoms with Crippen LogP contribution in [0.4, 0.5) is 19.0 Å². The van der Waals surface area contributed by atoms with E-state index in [2.05, 4.69) is 9.97 Å². The van der Waals surface area contributed by atoms with E-state index in [1.165, 1.54) is 31.0 Å². The lowest BCUT2D eigenvalue weighted by Gasteiger charge is -2.24. The minimum Gasteiger partial charge on any atom is -0.497 e. The molecule has 152 valence electrons. The van der Waals surface area contributed by atoms with Gasteiger partial charge < -0.3 is 9.47 Å². The summed E-state index contributed by atoms with van der Waals surface area (Å²) < 4.78 is 54.3. The van der Waals surface area contributed by atoms with E-state index in [1.807, 2.05) is 0 Å². The summed E-state index contributed by atoms with van der Waals surface area (Å²) in [5.74, 6) is -1.94. The Morgan fingerprint density at radius 2 is 1.86 bits per heavy atom. The highest BCUT2D eigenvalue weighted by Crippen LogP contribution is 2.37. The van der Waals surface area contributed by atoms with Crippen LogP contribution in [0.5, 0.6) is 11.5 Å². The van der Waals surface area contributed by atoms with Gasteiger partial charge in [0.15, 0.2) is 5.82 Å². The van der Waals surface area contributed by atoms with E-state index >= 15 is 0 Å². The van der Waals surface area contributed by atoms with E-state index in [9.17, 15) is 13.2 Å². The summed E-state index contributed by atoms with van der Waals surface area (Å²) in [7, 11) is 3.03. The summed E-state index contributed by atoms with van der Waals surface area (Å²) in [6.07, 6.45) is 2.80. The van der Waals surface area contributed by atoms with Crippen molar-refractivity contribution >= 4 is 29.4 Å². The third kappa shape index (κ3) is 4.68. The van der Waals surface area contributed by atoms with Crippen LogP contribution in [0.15, 0.2) is 47.8 Å². The summed E-state index contributed by atoms with van der Waals surface area (Å²) in [5, 5.41) is -0.779. The average Bonchev–Trinajstić information content (AvgIpc) is 2.75. The van der Waals surface area contributed by atoms with E-state index < -0.39 is 27.4 Å². The van der Waals surface area contributed by atoms with Crippen molar-refractivity contribution in [3.63, 3.8) is 0 Å². The van der Waals surface area contributed by atoms with Crippen molar-refractivity contribution in [2.45, 2.75) is 11.4 Å². The van der Waals surface area contributed by atoms with Crippen LogP contribution < -0.4 is 13.8 Å². The number of methoxy groups -OCH3 is 2. The van der Waals surface area contributed by atoms with Gasteiger partial charge in [-0.3, -0.25) is 4.31 Å². The third-order valence-corrected chi connectivity index (χ3v) is 5.34. The molecule has 0 radical (unpaired) electrons. The molecule has 0 N–H and O–H groups in total. The minimum atomic E-state index is -1.19. The van der Waals surface area contributed by atoms with Gasteiger partial charge in [0.25, 0.3) is 0 Å². The van der Waals surface area contributed by atoms with Gasteiger partial charge in [0.05, 0.1) is 20.8 Å². The highest BCUT2D eigenvalue weighted by molar-refractivity contribution is 8.00. The van der Waals surface area contributed by atoms with E-state index in [4.69, 9.17) is 21.1 Å². The van der Waals surface area contributed by atoms with Gasteiger partial charge in [-0.25, -0.2) is 23.1 Å². The molecule has 0 aliphatic heterocycles. The number of halogens is 4. The van der Waals surface area contributed by atoms with Crippen molar-refractivity contribution in [1.29, 1.82) is 0 Å². The number of aromatic nitrogens is 2. The Kier molecular flexibility index (Phi) is 6.71. The van der Waals surface area contributed by atoms with Crippen molar-refractivity contribution in [1.82, 2.24) is 9.97 Å². The van der Waals surface area contributed by atoms with Crippen LogP contribution in [0, 0.1) is 17.5 Å². The van der Waals surface area contributed by atoms with E-state index in [-0.39, 0.29) is 6.54 Å². The second-order valence-corrected chi connectivity index (χ2v) is 7.08. The fourth-order valence-electron chi connectivity index (χ4n) is 2.47. The maximum Gasteiger partial charge on any atom is 0.163 e. The standard InChI is InChI=1S/C19H15ClF3N3O2S/c1-27-12-4-3-11(15(7-12)28-2)9-26(16-5-6-24-10-25-16)29-19-14(22)8-13(21)17(20)18(19)23/h3-8,10H,9H2,1-2H3. The Morgan fingerprint density at radius 3 is 2.52 bits per heavy atom. The number of anilines is 1. The first-order chi connectivity index (χ1) is 13.9. The molecule has 5 nitrogen and oxygen atoms in total. The molecule has 0 amide bonds. The van der Waals surface area contributed by atoms with Crippen LogP contribution in [-0.4, -0.2) is 24.2 Å². The SMILES string of the molecule is COc1ccc(CN(Sc2c(F)cc(F)c(Cl)c2F)c2ccncn2)c(OC)c1. The van der Waals surface area contributed by atoms with Gasteiger partial charge in [0.1, 0.15) is 45.2 Å². The molecule has 0 atom stereocenters. The maximum atomic E-state index is 14.4. The third-order valence-electron chi connectivity index (χ3n) is 3.90. The van der Waals surface area contributed by atoms with E-state index in [0.29, 0.717) is 40.9 Å². The van der Waals surface area contributed by atoms with Gasteiger partial charge in [-0.15, -0.1) is 0 Å². The molecule has 0 spiro atoms. The van der Waals surface area contributed by atoms with Crippen LogP contribution in [0.2, 0.25) is 5.02 Å². The predicted octanol–water partition coefficient (Wildman–Crippen LogP) is 5.28. The predicted molar refractivity (Wildman–Crippen MR) is 105 cm³/mol. The lowest BCUT2D eigenvalue weighted by atomic mass is 10.2. The van der Waals surface area contributed by atoms with Crippen molar-refractivity contribution < 1.29 is 22.6 Å². The Labute approximate surface area is 174 Å². The Balaban J connectivity index is 2.01. The van der Waals surface area contributed by atoms with Crippen LogP contribution >= 0.6 is 23.5 Å². The largest absolute Gasteiger partial charge is 0.497 e. The molecule has 0 aliphatic rings. The summed E-state index contributed by atoms with van der Waals surface area (Å²) in [6.45, 7) is 0.155. The molecule has 1 aromatic heterocycles. The minimum absolute atomic E-state index is 0.155. The van der Waals surface area contributed by atoms with Gasteiger partial charge in [-0.1, -0.05) is 11.6 Å². The lowest BCUT2D eigenvalue weighted by Crippen LogP contribution is -2.17. The van der Waals surface area contributed by atoms with Gasteiger partial charge in [0, 0.05) is 23.9 Å². The van der Waals surface area contributed by atoms with Crippen LogP contribution in [0.3, 0.4) is 0 Å². The number of hydrogen-bond donors (Lipinski definition) is 0. The Bertz CT molecular complexity index is 1010. The van der Waals surface area contributed by atoms with Crippen molar-refractivity contribution in [2.24, 2.45) is 0 Å². The number of benzene rings is 2. The summed E-state index contributed by atoms with van der Waals surface area (Å²) in [6, 6.07) is 7.30. The quantitative estimate of drug-likeness (QED) is 0.282. The monoisotopic (exact) mass is 441 g/mol. The van der Waals surface area contributed by atoms with Gasteiger partial charge in [-0.05, 0) is 30.1 Å². The first-order valence-corrected chi connectivity index (χ1v) is 9.35. The molecule has 0 bridgehead atoms. The van der Waals surface area contributed by atoms with Crippen LogP contribution in [0.1, 0.15) is 5.56 Å². The molecule has 29 heavy (non-hydrogen) atoms. The molecule has 2 aromatic carbocycles. The zero-order valence-electron chi connectivity index (χ0n) is 15.3. The zero-order valence-corrected chi connectivity index (χ0v) is 16.9. The summed E-state index contributed by atoms with van der Waals surface area (Å²) in [5.41, 5.74) is 0.702. The number of ether oxygens (including phenoxy) is 2. The average molecular weight is 442 g/mol. The van der Waals surface area contributed by atoms with Crippen LogP contribution in [-0.2, 0) is 6.54 Å². The first kappa shape index (κ1) is 21.1. The van der Waals surface area contributed by atoms with E-state index in [0.717, 1.165) is 0 Å². The molecule has 0 saturated carbocycles. The Hall–Kier alpha value is -2.65. The first-order valence-electron chi connectivity index (χ1n) is 8.20. The van der Waals surface area contributed by atoms with Gasteiger partial charge in [-0.2, -0.15) is 0 Å². The smallest absolute Gasteiger partial charge is 0.163 e. The fourth-order valence-corrected chi connectivity index (χ4v) is 3.63. The van der Waals surface area contributed by atoms with Crippen molar-refractivity contribution in [3.8, 4) is 11.5 Å². The summed E-state index contributed by atoms with van der Waals surface area (Å²) >= 11 is 6.31. The second kappa shape index (κ2) is 9.23. The highest BCUT2D eigenvalue weighted by Gasteiger charge is 2.23. The van der Waals surface area contributed by atoms with Crippen molar-refractivity contribution in [2.75, 3.05) is 18.5 Å². The molecule has 0 saturated heterocycles. The highest BCUT2D eigenvalue weighted by atomic mass is 35.5. The fraction of sp³-hybridized carbons (Fsp3) is 0.158. The molecule has 10 heteroatoms. The molecular weight excluding hydrogens is 427 g/mol. The number of rotatable bonds is 7. The molecule has 0 aliphatic carbocycles. The molecule has 0 unspecified atom stereocenters. The summed E-state index contributed by atoms with van der Waals surface area (Å²) in [4.78, 5) is 7.53.